The molecule has 0 bridgehead atoms. The molecule has 1 aromatic carbocycles. The van der Waals surface area contributed by atoms with Gasteiger partial charge in [-0.05, 0) is 42.7 Å². The van der Waals surface area contributed by atoms with Crippen LogP contribution in [0.2, 0.25) is 0 Å². The van der Waals surface area contributed by atoms with Crippen LogP contribution in [0.5, 0.6) is 5.75 Å². The Hall–Kier alpha value is -2.45. The van der Waals surface area contributed by atoms with Gasteiger partial charge in [-0.2, -0.15) is 0 Å². The van der Waals surface area contributed by atoms with Crippen LogP contribution in [0.15, 0.2) is 41.4 Å². The quantitative estimate of drug-likeness (QED) is 0.864. The first-order valence-electron chi connectivity index (χ1n) is 7.30. The van der Waals surface area contributed by atoms with E-state index in [9.17, 15) is 13.2 Å². The third-order valence-electron chi connectivity index (χ3n) is 3.85. The monoisotopic (exact) mass is 348 g/mol. The molecule has 7 nitrogen and oxygen atoms in total. The molecule has 0 spiro atoms. The topological polar surface area (TPSA) is 106 Å². The number of sulfonamides is 1. The van der Waals surface area contributed by atoms with Crippen LogP contribution in [0, 0.1) is 6.92 Å². The van der Waals surface area contributed by atoms with E-state index in [1.54, 1.807) is 0 Å². The molecule has 1 atom stereocenters. The third-order valence-corrected chi connectivity index (χ3v) is 5.35. The number of carboxylic acids is 1. The lowest BCUT2D eigenvalue weighted by Gasteiger charge is -2.27. The van der Waals surface area contributed by atoms with Gasteiger partial charge in [0.05, 0.1) is 6.04 Å². The van der Waals surface area contributed by atoms with E-state index in [2.05, 4.69) is 9.71 Å². The number of hydrogen-bond donors (Lipinski definition) is 2. The van der Waals surface area contributed by atoms with Crippen LogP contribution in [0.1, 0.15) is 21.6 Å². The number of benzene rings is 1. The Balaban J connectivity index is 1.78. The summed E-state index contributed by atoms with van der Waals surface area (Å²) in [6, 6.07) is 7.70. The fraction of sp³-hybridized carbons (Fsp3) is 0.250. The van der Waals surface area contributed by atoms with E-state index in [1.165, 1.54) is 6.07 Å². The van der Waals surface area contributed by atoms with Crippen LogP contribution in [0.3, 0.4) is 0 Å². The summed E-state index contributed by atoms with van der Waals surface area (Å²) in [4.78, 5) is 14.3. The Labute approximate surface area is 139 Å². The normalized spacial score (nSPS) is 17.0. The molecule has 3 rings (SSSR count). The Morgan fingerprint density at radius 3 is 2.79 bits per heavy atom. The van der Waals surface area contributed by atoms with Gasteiger partial charge >= 0.3 is 5.97 Å². The zero-order chi connectivity index (χ0) is 17.3. The van der Waals surface area contributed by atoms with Crippen molar-refractivity contribution in [2.24, 2.45) is 0 Å². The van der Waals surface area contributed by atoms with Crippen LogP contribution >= 0.6 is 0 Å². The van der Waals surface area contributed by atoms with Crippen molar-refractivity contribution in [3.05, 3.63) is 53.3 Å². The minimum atomic E-state index is -3.80. The highest BCUT2D eigenvalue weighted by atomic mass is 32.2. The molecular weight excluding hydrogens is 332 g/mol. The molecule has 0 amide bonds. The summed E-state index contributed by atoms with van der Waals surface area (Å²) in [6.07, 6.45) is 1.57. The number of carboxylic acid groups (broad SMARTS) is 1. The fourth-order valence-electron chi connectivity index (χ4n) is 2.60. The summed E-state index contributed by atoms with van der Waals surface area (Å²) in [5.74, 6) is -0.433. The van der Waals surface area contributed by atoms with E-state index < -0.39 is 22.0 Å². The Morgan fingerprint density at radius 2 is 2.12 bits per heavy atom. The largest absolute Gasteiger partial charge is 0.492 e. The van der Waals surface area contributed by atoms with Gasteiger partial charge in [0.25, 0.3) is 0 Å². The molecule has 1 aliphatic rings. The number of fused-ring (bicyclic) bond motifs is 1. The van der Waals surface area contributed by atoms with Gasteiger partial charge in [0, 0.05) is 6.20 Å². The zero-order valence-corrected chi connectivity index (χ0v) is 13.7. The predicted octanol–water partition coefficient (Wildman–Crippen LogP) is 1.37. The summed E-state index contributed by atoms with van der Waals surface area (Å²) in [5.41, 5.74) is 1.82. The number of aromatic carboxylic acids is 1. The van der Waals surface area contributed by atoms with Gasteiger partial charge in [0.1, 0.15) is 22.9 Å². The predicted molar refractivity (Wildman–Crippen MR) is 85.7 cm³/mol. The standard InChI is InChI=1S/C16H16N2O5S/c1-10-3-2-4-15-13(10)7-11(9-23-15)18-24(21,22)12-5-6-14(16(19)20)17-8-12/h2-6,8,11,18H,7,9H2,1H3,(H,19,20). The van der Waals surface area contributed by atoms with Gasteiger partial charge in [-0.1, -0.05) is 12.1 Å². The number of pyridine rings is 1. The number of aromatic nitrogens is 1. The van der Waals surface area contributed by atoms with E-state index in [-0.39, 0.29) is 17.2 Å². The van der Waals surface area contributed by atoms with Gasteiger partial charge in [0.2, 0.25) is 10.0 Å². The number of carbonyl (C=O) groups is 1. The summed E-state index contributed by atoms with van der Waals surface area (Å²) in [6.45, 7) is 2.18. The summed E-state index contributed by atoms with van der Waals surface area (Å²) < 4.78 is 33.1. The van der Waals surface area contributed by atoms with Crippen molar-refractivity contribution < 1.29 is 23.1 Å². The van der Waals surface area contributed by atoms with Gasteiger partial charge in [-0.3, -0.25) is 0 Å². The van der Waals surface area contributed by atoms with E-state index in [0.29, 0.717) is 6.42 Å². The van der Waals surface area contributed by atoms with Crippen molar-refractivity contribution in [2.45, 2.75) is 24.3 Å². The molecule has 1 unspecified atom stereocenters. The van der Waals surface area contributed by atoms with Crippen molar-refractivity contribution in [1.29, 1.82) is 0 Å². The highest BCUT2D eigenvalue weighted by Gasteiger charge is 2.26. The van der Waals surface area contributed by atoms with Gasteiger partial charge in [0.15, 0.2) is 0 Å². The second-order valence-electron chi connectivity index (χ2n) is 5.57. The van der Waals surface area contributed by atoms with Crippen molar-refractivity contribution in [3.8, 4) is 5.75 Å². The maximum atomic E-state index is 12.4. The first-order chi connectivity index (χ1) is 11.4. The Bertz CT molecular complexity index is 878. The van der Waals surface area contributed by atoms with Gasteiger partial charge < -0.3 is 9.84 Å². The highest BCUT2D eigenvalue weighted by Crippen LogP contribution is 2.27. The molecule has 0 aliphatic carbocycles. The SMILES string of the molecule is Cc1cccc2c1CC(NS(=O)(=O)c1ccc(C(=O)O)nc1)CO2. The lowest BCUT2D eigenvalue weighted by atomic mass is 9.99. The minimum absolute atomic E-state index is 0.0805. The number of nitrogens with one attached hydrogen (secondary N) is 1. The average molecular weight is 348 g/mol. The number of nitrogens with zero attached hydrogens (tertiary/aromatic N) is 1. The van der Waals surface area contributed by atoms with E-state index in [0.717, 1.165) is 29.1 Å². The maximum absolute atomic E-state index is 12.4. The molecule has 126 valence electrons. The third kappa shape index (κ3) is 3.24. The maximum Gasteiger partial charge on any atom is 0.354 e. The summed E-state index contributed by atoms with van der Waals surface area (Å²) >= 11 is 0. The molecule has 8 heteroatoms. The van der Waals surface area contributed by atoms with E-state index >= 15 is 0 Å². The van der Waals surface area contributed by atoms with Gasteiger partial charge in [-0.15, -0.1) is 0 Å². The van der Waals surface area contributed by atoms with Crippen LogP contribution in [-0.2, 0) is 16.4 Å². The van der Waals surface area contributed by atoms with Crippen molar-refractivity contribution in [1.82, 2.24) is 9.71 Å². The van der Waals surface area contributed by atoms with Crippen molar-refractivity contribution >= 4 is 16.0 Å². The first kappa shape index (κ1) is 16.4. The number of rotatable bonds is 4. The second-order valence-corrected chi connectivity index (χ2v) is 7.28. The summed E-state index contributed by atoms with van der Waals surface area (Å²) in [7, 11) is -3.80. The van der Waals surface area contributed by atoms with Crippen LogP contribution in [-0.4, -0.2) is 37.1 Å². The lowest BCUT2D eigenvalue weighted by Crippen LogP contribution is -2.42. The molecule has 0 saturated carbocycles. The smallest absolute Gasteiger partial charge is 0.354 e. The van der Waals surface area contributed by atoms with Gasteiger partial charge in [-0.25, -0.2) is 22.9 Å². The van der Waals surface area contributed by atoms with Crippen molar-refractivity contribution in [2.75, 3.05) is 6.61 Å². The number of ether oxygens (including phenoxy) is 1. The molecule has 1 aliphatic heterocycles. The molecule has 0 fully saturated rings. The molecule has 0 radical (unpaired) electrons. The Kier molecular flexibility index (Phi) is 4.25. The number of hydrogen-bond acceptors (Lipinski definition) is 5. The molecular formula is C16H16N2O5S. The molecule has 1 aromatic heterocycles. The number of aryl methyl sites for hydroxylation is 1. The molecule has 24 heavy (non-hydrogen) atoms. The Morgan fingerprint density at radius 1 is 1.33 bits per heavy atom. The average Bonchev–Trinajstić information content (AvgIpc) is 2.55. The summed E-state index contributed by atoms with van der Waals surface area (Å²) in [5, 5.41) is 8.81. The first-order valence-corrected chi connectivity index (χ1v) is 8.78. The highest BCUT2D eigenvalue weighted by molar-refractivity contribution is 7.89. The molecule has 0 saturated heterocycles. The fourth-order valence-corrected chi connectivity index (χ4v) is 3.76. The molecule has 2 heterocycles. The van der Waals surface area contributed by atoms with Crippen LogP contribution in [0.25, 0.3) is 0 Å². The van der Waals surface area contributed by atoms with Crippen LogP contribution < -0.4 is 9.46 Å². The molecule has 2 N–H and O–H groups in total. The minimum Gasteiger partial charge on any atom is -0.492 e. The van der Waals surface area contributed by atoms with Crippen LogP contribution in [0.4, 0.5) is 0 Å². The second kappa shape index (κ2) is 6.21. The lowest BCUT2D eigenvalue weighted by molar-refractivity contribution is 0.0690. The van der Waals surface area contributed by atoms with E-state index in [1.807, 2.05) is 25.1 Å². The van der Waals surface area contributed by atoms with Crippen molar-refractivity contribution in [3.63, 3.8) is 0 Å². The van der Waals surface area contributed by atoms with E-state index in [4.69, 9.17) is 9.84 Å². The molecule has 2 aromatic rings. The zero-order valence-electron chi connectivity index (χ0n) is 12.9.